The molecule has 1 heterocycles. The van der Waals surface area contributed by atoms with Crippen LogP contribution in [0.4, 0.5) is 4.39 Å². The number of rotatable bonds is 5. The van der Waals surface area contributed by atoms with Crippen LogP contribution in [0, 0.1) is 5.82 Å². The van der Waals surface area contributed by atoms with E-state index in [1.165, 1.54) is 23.0 Å². The number of hydrogen-bond donors (Lipinski definition) is 2. The summed E-state index contributed by atoms with van der Waals surface area (Å²) in [6.45, 7) is -0.0904. The number of halogens is 1. The summed E-state index contributed by atoms with van der Waals surface area (Å²) < 4.78 is 14.0. The number of aromatic carboxylic acids is 1. The van der Waals surface area contributed by atoms with Crippen molar-refractivity contribution in [3.63, 3.8) is 0 Å². The van der Waals surface area contributed by atoms with Gasteiger partial charge in [-0.05, 0) is 24.1 Å². The highest BCUT2D eigenvalue weighted by molar-refractivity contribution is 5.84. The molecule has 1 aromatic carbocycles. The number of aromatic nitrogens is 3. The molecule has 7 nitrogen and oxygen atoms in total. The molecule has 114 valence electrons. The smallest absolute Gasteiger partial charge is 0.358 e. The van der Waals surface area contributed by atoms with Crippen LogP contribution >= 0.6 is 0 Å². The van der Waals surface area contributed by atoms with Gasteiger partial charge in [-0.2, -0.15) is 0 Å². The fourth-order valence-corrected chi connectivity index (χ4v) is 2.31. The fourth-order valence-electron chi connectivity index (χ4n) is 2.31. The first-order valence-corrected chi connectivity index (χ1v) is 6.71. The van der Waals surface area contributed by atoms with Crippen LogP contribution in [-0.2, 0) is 11.3 Å². The molecule has 1 aliphatic rings. The summed E-state index contributed by atoms with van der Waals surface area (Å²) in [7, 11) is 0. The zero-order valence-electron chi connectivity index (χ0n) is 11.4. The van der Waals surface area contributed by atoms with Crippen molar-refractivity contribution in [3.05, 3.63) is 47.5 Å². The van der Waals surface area contributed by atoms with Gasteiger partial charge in [0.05, 0.1) is 6.20 Å². The third-order valence-electron chi connectivity index (χ3n) is 3.50. The van der Waals surface area contributed by atoms with Gasteiger partial charge in [0.1, 0.15) is 12.4 Å². The molecular weight excluding hydrogens is 291 g/mol. The highest BCUT2D eigenvalue weighted by Crippen LogP contribution is 2.40. The maximum atomic E-state index is 12.9. The molecule has 0 radical (unpaired) electrons. The second-order valence-corrected chi connectivity index (χ2v) is 5.17. The van der Waals surface area contributed by atoms with E-state index < -0.39 is 5.97 Å². The molecule has 2 atom stereocenters. The van der Waals surface area contributed by atoms with Crippen molar-refractivity contribution < 1.29 is 19.1 Å². The number of amides is 1. The minimum absolute atomic E-state index is 0.0143. The van der Waals surface area contributed by atoms with Gasteiger partial charge in [-0.1, -0.05) is 17.3 Å². The average molecular weight is 304 g/mol. The largest absolute Gasteiger partial charge is 0.476 e. The number of benzene rings is 1. The van der Waals surface area contributed by atoms with E-state index in [-0.39, 0.29) is 35.9 Å². The van der Waals surface area contributed by atoms with Gasteiger partial charge in [0.15, 0.2) is 5.69 Å². The summed E-state index contributed by atoms with van der Waals surface area (Å²) >= 11 is 0. The van der Waals surface area contributed by atoms with Gasteiger partial charge in [-0.15, -0.1) is 5.10 Å². The van der Waals surface area contributed by atoms with E-state index in [0.717, 1.165) is 12.0 Å². The lowest BCUT2D eigenvalue weighted by molar-refractivity contribution is -0.122. The maximum Gasteiger partial charge on any atom is 0.358 e. The van der Waals surface area contributed by atoms with E-state index in [9.17, 15) is 14.0 Å². The summed E-state index contributed by atoms with van der Waals surface area (Å²) in [5.74, 6) is -1.55. The molecule has 1 amide bonds. The van der Waals surface area contributed by atoms with E-state index in [2.05, 4.69) is 15.6 Å². The van der Waals surface area contributed by atoms with Gasteiger partial charge in [0, 0.05) is 12.0 Å². The minimum atomic E-state index is -1.19. The van der Waals surface area contributed by atoms with Crippen molar-refractivity contribution in [2.75, 3.05) is 0 Å². The number of nitrogens with one attached hydrogen (secondary N) is 1. The Labute approximate surface area is 124 Å². The number of hydrogen-bond acceptors (Lipinski definition) is 4. The fraction of sp³-hybridized carbons (Fsp3) is 0.286. The Balaban J connectivity index is 1.52. The SMILES string of the molecule is O=C(Cn1cc(C(=O)O)nn1)N[C@@H]1C[C@H]1c1ccc(F)cc1. The van der Waals surface area contributed by atoms with Crippen LogP contribution in [0.1, 0.15) is 28.4 Å². The van der Waals surface area contributed by atoms with Gasteiger partial charge in [-0.25, -0.2) is 13.9 Å². The molecule has 1 fully saturated rings. The van der Waals surface area contributed by atoms with Gasteiger partial charge >= 0.3 is 5.97 Å². The van der Waals surface area contributed by atoms with Crippen LogP contribution in [0.25, 0.3) is 0 Å². The lowest BCUT2D eigenvalue weighted by Gasteiger charge is -2.04. The van der Waals surface area contributed by atoms with Crippen LogP contribution in [0.5, 0.6) is 0 Å². The quantitative estimate of drug-likeness (QED) is 0.851. The number of carboxylic acid groups (broad SMARTS) is 1. The lowest BCUT2D eigenvalue weighted by atomic mass is 10.1. The van der Waals surface area contributed by atoms with Crippen molar-refractivity contribution in [1.82, 2.24) is 20.3 Å². The average Bonchev–Trinajstić information content (AvgIpc) is 3.06. The zero-order chi connectivity index (χ0) is 15.7. The lowest BCUT2D eigenvalue weighted by Crippen LogP contribution is -2.30. The van der Waals surface area contributed by atoms with Crippen LogP contribution in [0.3, 0.4) is 0 Å². The van der Waals surface area contributed by atoms with E-state index in [0.29, 0.717) is 0 Å². The van der Waals surface area contributed by atoms with E-state index in [1.807, 2.05) is 0 Å². The molecule has 3 rings (SSSR count). The summed E-state index contributed by atoms with van der Waals surface area (Å²) in [5, 5.41) is 18.6. The number of carbonyl (C=O) groups is 2. The zero-order valence-corrected chi connectivity index (χ0v) is 11.4. The number of carboxylic acids is 1. The molecule has 1 aliphatic carbocycles. The van der Waals surface area contributed by atoms with E-state index in [4.69, 9.17) is 5.11 Å². The monoisotopic (exact) mass is 304 g/mol. The number of nitrogens with zero attached hydrogens (tertiary/aromatic N) is 3. The molecule has 8 heteroatoms. The van der Waals surface area contributed by atoms with Gasteiger partial charge in [0.2, 0.25) is 5.91 Å². The first kappa shape index (κ1) is 14.2. The predicted octanol–water partition coefficient (Wildman–Crippen LogP) is 0.788. The summed E-state index contributed by atoms with van der Waals surface area (Å²) in [4.78, 5) is 22.5. The summed E-state index contributed by atoms with van der Waals surface area (Å²) in [5.41, 5.74) is 0.782. The first-order valence-electron chi connectivity index (χ1n) is 6.71. The maximum absolute atomic E-state index is 12.9. The van der Waals surface area contributed by atoms with Gasteiger partial charge < -0.3 is 10.4 Å². The molecule has 1 aromatic heterocycles. The van der Waals surface area contributed by atoms with Crippen molar-refractivity contribution in [3.8, 4) is 0 Å². The topological polar surface area (TPSA) is 97.1 Å². The highest BCUT2D eigenvalue weighted by Gasteiger charge is 2.39. The second kappa shape index (κ2) is 5.55. The highest BCUT2D eigenvalue weighted by atomic mass is 19.1. The van der Waals surface area contributed by atoms with Crippen molar-refractivity contribution in [2.24, 2.45) is 0 Å². The van der Waals surface area contributed by atoms with Gasteiger partial charge in [-0.3, -0.25) is 4.79 Å². The third kappa shape index (κ3) is 3.11. The van der Waals surface area contributed by atoms with E-state index in [1.54, 1.807) is 12.1 Å². The molecule has 2 N–H and O–H groups in total. The Morgan fingerprint density at radius 1 is 1.36 bits per heavy atom. The van der Waals surface area contributed by atoms with Crippen molar-refractivity contribution >= 4 is 11.9 Å². The first-order chi connectivity index (χ1) is 10.5. The summed E-state index contributed by atoms with van der Waals surface area (Å²) in [6, 6.07) is 6.23. The molecule has 22 heavy (non-hydrogen) atoms. The van der Waals surface area contributed by atoms with Crippen LogP contribution in [-0.4, -0.2) is 38.0 Å². The third-order valence-corrected chi connectivity index (χ3v) is 3.50. The summed E-state index contributed by atoms with van der Waals surface area (Å²) in [6.07, 6.45) is 2.00. The minimum Gasteiger partial charge on any atom is -0.476 e. The molecular formula is C14H13FN4O3. The van der Waals surface area contributed by atoms with Crippen molar-refractivity contribution in [2.45, 2.75) is 24.9 Å². The van der Waals surface area contributed by atoms with Crippen LogP contribution < -0.4 is 5.32 Å². The Kier molecular flexibility index (Phi) is 3.58. The molecule has 0 unspecified atom stereocenters. The molecule has 0 bridgehead atoms. The Bertz CT molecular complexity index is 713. The van der Waals surface area contributed by atoms with Gasteiger partial charge in [0.25, 0.3) is 0 Å². The molecule has 2 aromatic rings. The normalized spacial score (nSPS) is 19.7. The molecule has 1 saturated carbocycles. The Morgan fingerprint density at radius 2 is 2.09 bits per heavy atom. The molecule has 0 aliphatic heterocycles. The van der Waals surface area contributed by atoms with Crippen LogP contribution in [0.2, 0.25) is 0 Å². The van der Waals surface area contributed by atoms with Crippen molar-refractivity contribution in [1.29, 1.82) is 0 Å². The Hall–Kier alpha value is -2.77. The number of carbonyl (C=O) groups excluding carboxylic acids is 1. The van der Waals surface area contributed by atoms with E-state index >= 15 is 0 Å². The van der Waals surface area contributed by atoms with Crippen LogP contribution in [0.15, 0.2) is 30.5 Å². The molecule has 0 saturated heterocycles. The Morgan fingerprint density at radius 3 is 2.73 bits per heavy atom. The predicted molar refractivity (Wildman–Crippen MR) is 72.7 cm³/mol. The standard InChI is InChI=1S/C14H13FN4O3/c15-9-3-1-8(2-4-9)10-5-11(10)16-13(20)7-19-6-12(14(21)22)17-18-19/h1-4,6,10-11H,5,7H2,(H,16,20)(H,21,22)/t10-,11+/m0/s1. The second-order valence-electron chi connectivity index (χ2n) is 5.17. The molecule has 0 spiro atoms.